The first kappa shape index (κ1) is 10.7. The van der Waals surface area contributed by atoms with E-state index < -0.39 is 5.97 Å². The van der Waals surface area contributed by atoms with Gasteiger partial charge in [0.15, 0.2) is 0 Å². The van der Waals surface area contributed by atoms with Crippen LogP contribution in [0.25, 0.3) is 10.8 Å². The molecule has 0 unspecified atom stereocenters. The van der Waals surface area contributed by atoms with Gasteiger partial charge in [-0.2, -0.15) is 0 Å². The van der Waals surface area contributed by atoms with Gasteiger partial charge < -0.3 is 5.11 Å². The topological polar surface area (TPSA) is 37.3 Å². The summed E-state index contributed by atoms with van der Waals surface area (Å²) in [4.78, 5) is 10.6. The van der Waals surface area contributed by atoms with E-state index >= 15 is 0 Å². The Bertz CT molecular complexity index is 466. The van der Waals surface area contributed by atoms with Gasteiger partial charge in [-0.15, -0.1) is 0 Å². The van der Waals surface area contributed by atoms with E-state index in [4.69, 9.17) is 5.11 Å². The minimum absolute atomic E-state index is 0. The van der Waals surface area contributed by atoms with Crippen molar-refractivity contribution in [3.8, 4) is 0 Å². The smallest absolute Gasteiger partial charge is 0.335 e. The van der Waals surface area contributed by atoms with Gasteiger partial charge in [0.1, 0.15) is 0 Å². The van der Waals surface area contributed by atoms with Crippen molar-refractivity contribution < 1.29 is 26.4 Å². The Labute approximate surface area is 91.5 Å². The second-order valence-electron chi connectivity index (χ2n) is 2.87. The molecule has 1 N–H and O–H groups in total. The number of aromatic carboxylic acids is 1. The second-order valence-corrected chi connectivity index (χ2v) is 2.87. The summed E-state index contributed by atoms with van der Waals surface area (Å²) in [5, 5.41) is 10.8. The van der Waals surface area contributed by atoms with Crippen LogP contribution in [0.5, 0.6) is 0 Å². The second kappa shape index (κ2) is 4.25. The summed E-state index contributed by atoms with van der Waals surface area (Å²) in [7, 11) is 0. The summed E-state index contributed by atoms with van der Waals surface area (Å²) in [6.45, 7) is 0. The number of hydrogen-bond donors (Lipinski definition) is 1. The summed E-state index contributed by atoms with van der Waals surface area (Å²) in [6, 6.07) is 12.8. The number of carboxylic acids is 1. The standard InChI is InChI=1S/C11H8O2.Ni/c12-11(13)10-6-5-8-3-1-2-4-9(8)7-10;/h1-7H,(H,12,13);. The van der Waals surface area contributed by atoms with E-state index in [1.54, 1.807) is 12.1 Å². The Kier molecular flexibility index (Phi) is 3.26. The third kappa shape index (κ3) is 1.94. The molecule has 14 heavy (non-hydrogen) atoms. The fraction of sp³-hybridized carbons (Fsp3) is 0. The molecule has 74 valence electrons. The molecule has 2 nitrogen and oxygen atoms in total. The number of fused-ring (bicyclic) bond motifs is 1. The monoisotopic (exact) mass is 230 g/mol. The quantitative estimate of drug-likeness (QED) is 0.765. The maximum atomic E-state index is 10.6. The molecule has 0 saturated heterocycles. The van der Waals surface area contributed by atoms with Crippen molar-refractivity contribution >= 4 is 16.7 Å². The van der Waals surface area contributed by atoms with Crippen molar-refractivity contribution in [2.75, 3.05) is 0 Å². The molecule has 0 aliphatic rings. The molecule has 2 aromatic rings. The first-order chi connectivity index (χ1) is 6.27. The van der Waals surface area contributed by atoms with Crippen molar-refractivity contribution in [3.63, 3.8) is 0 Å². The van der Waals surface area contributed by atoms with Crippen LogP contribution in [-0.2, 0) is 16.5 Å². The summed E-state index contributed by atoms with van der Waals surface area (Å²) >= 11 is 0. The molecule has 0 aliphatic carbocycles. The summed E-state index contributed by atoms with van der Waals surface area (Å²) in [5.41, 5.74) is 0.332. The molecule has 0 fully saturated rings. The Morgan fingerprint density at radius 2 is 1.64 bits per heavy atom. The van der Waals surface area contributed by atoms with Crippen LogP contribution >= 0.6 is 0 Å². The molecule has 0 bridgehead atoms. The third-order valence-electron chi connectivity index (χ3n) is 2.00. The molecule has 3 heteroatoms. The summed E-state index contributed by atoms with van der Waals surface area (Å²) < 4.78 is 0. The molecule has 0 atom stereocenters. The van der Waals surface area contributed by atoms with Gasteiger partial charge in [0.25, 0.3) is 0 Å². The predicted octanol–water partition coefficient (Wildman–Crippen LogP) is 2.54. The summed E-state index contributed by atoms with van der Waals surface area (Å²) in [5.74, 6) is -0.884. The third-order valence-corrected chi connectivity index (χ3v) is 2.00. The minimum atomic E-state index is -0.884. The van der Waals surface area contributed by atoms with Gasteiger partial charge in [0.05, 0.1) is 5.56 Å². The van der Waals surface area contributed by atoms with Gasteiger partial charge >= 0.3 is 5.97 Å². The number of benzene rings is 2. The van der Waals surface area contributed by atoms with E-state index in [9.17, 15) is 4.79 Å². The number of carboxylic acid groups (broad SMARTS) is 1. The molecule has 0 aliphatic heterocycles. The van der Waals surface area contributed by atoms with Crippen molar-refractivity contribution in [2.24, 2.45) is 0 Å². The van der Waals surface area contributed by atoms with Crippen molar-refractivity contribution in [1.82, 2.24) is 0 Å². The van der Waals surface area contributed by atoms with Gasteiger partial charge in [-0.3, -0.25) is 0 Å². The van der Waals surface area contributed by atoms with Crippen LogP contribution in [0.4, 0.5) is 0 Å². The average Bonchev–Trinajstić information content (AvgIpc) is 2.17. The average molecular weight is 231 g/mol. The number of hydrogen-bond acceptors (Lipinski definition) is 1. The van der Waals surface area contributed by atoms with Crippen LogP contribution in [0.3, 0.4) is 0 Å². The van der Waals surface area contributed by atoms with Crippen LogP contribution in [0, 0.1) is 0 Å². The van der Waals surface area contributed by atoms with Crippen LogP contribution in [0.2, 0.25) is 0 Å². The molecule has 0 amide bonds. The zero-order valence-electron chi connectivity index (χ0n) is 7.21. The predicted molar refractivity (Wildman–Crippen MR) is 50.9 cm³/mol. The van der Waals surface area contributed by atoms with Gasteiger partial charge in [-0.1, -0.05) is 30.3 Å². The van der Waals surface area contributed by atoms with E-state index in [2.05, 4.69) is 0 Å². The van der Waals surface area contributed by atoms with E-state index in [0.717, 1.165) is 10.8 Å². The molecule has 0 saturated carbocycles. The minimum Gasteiger partial charge on any atom is -0.478 e. The summed E-state index contributed by atoms with van der Waals surface area (Å²) in [6.07, 6.45) is 0. The Hall–Kier alpha value is -1.34. The van der Waals surface area contributed by atoms with Gasteiger partial charge in [-0.25, -0.2) is 4.79 Å². The van der Waals surface area contributed by atoms with Crippen molar-refractivity contribution in [3.05, 3.63) is 48.0 Å². The normalized spacial score (nSPS) is 9.43. The maximum Gasteiger partial charge on any atom is 0.335 e. The molecule has 0 radical (unpaired) electrons. The maximum absolute atomic E-state index is 10.6. The number of carbonyl (C=O) groups is 1. The van der Waals surface area contributed by atoms with Crippen molar-refractivity contribution in [1.29, 1.82) is 0 Å². The van der Waals surface area contributed by atoms with Gasteiger partial charge in [0, 0.05) is 16.5 Å². The van der Waals surface area contributed by atoms with Crippen LogP contribution in [0.15, 0.2) is 42.5 Å². The molecule has 0 heterocycles. The Morgan fingerprint density at radius 1 is 1.00 bits per heavy atom. The fourth-order valence-corrected chi connectivity index (χ4v) is 1.32. The van der Waals surface area contributed by atoms with E-state index in [0.29, 0.717) is 5.56 Å². The Balaban J connectivity index is 0.000000980. The van der Waals surface area contributed by atoms with Gasteiger partial charge in [0.2, 0.25) is 0 Å². The van der Waals surface area contributed by atoms with E-state index in [-0.39, 0.29) is 16.5 Å². The molecule has 2 rings (SSSR count). The van der Waals surface area contributed by atoms with Gasteiger partial charge in [-0.05, 0) is 22.9 Å². The molecule has 0 aromatic heterocycles. The van der Waals surface area contributed by atoms with Crippen LogP contribution < -0.4 is 0 Å². The molecular formula is C11H8NiO2. The first-order valence-electron chi connectivity index (χ1n) is 3.99. The SMILES string of the molecule is O=C(O)c1ccc2ccccc2c1.[Ni]. The largest absolute Gasteiger partial charge is 0.478 e. The number of rotatable bonds is 1. The first-order valence-corrected chi connectivity index (χ1v) is 3.99. The van der Waals surface area contributed by atoms with Crippen LogP contribution in [-0.4, -0.2) is 11.1 Å². The van der Waals surface area contributed by atoms with Crippen molar-refractivity contribution in [2.45, 2.75) is 0 Å². The zero-order chi connectivity index (χ0) is 9.26. The van der Waals surface area contributed by atoms with E-state index in [1.165, 1.54) is 0 Å². The fourth-order valence-electron chi connectivity index (χ4n) is 1.32. The molecule has 2 aromatic carbocycles. The molecule has 0 spiro atoms. The zero-order valence-corrected chi connectivity index (χ0v) is 8.20. The van der Waals surface area contributed by atoms with E-state index in [1.807, 2.05) is 30.3 Å². The molecular weight excluding hydrogens is 223 g/mol. The van der Waals surface area contributed by atoms with Crippen LogP contribution in [0.1, 0.15) is 10.4 Å². The Morgan fingerprint density at radius 3 is 2.29 bits per heavy atom.